The van der Waals surface area contributed by atoms with Crippen molar-refractivity contribution in [3.05, 3.63) is 59.9 Å². The van der Waals surface area contributed by atoms with Gasteiger partial charge in [0.1, 0.15) is 5.82 Å². The van der Waals surface area contributed by atoms with Crippen LogP contribution in [0.5, 0.6) is 0 Å². The highest BCUT2D eigenvalue weighted by Crippen LogP contribution is 2.27. The van der Waals surface area contributed by atoms with Crippen molar-refractivity contribution in [2.75, 3.05) is 0 Å². The molecule has 0 radical (unpaired) electrons. The molecule has 19 heavy (non-hydrogen) atoms. The Morgan fingerprint density at radius 1 is 1.05 bits per heavy atom. The lowest BCUT2D eigenvalue weighted by molar-refractivity contribution is 0.176. The van der Waals surface area contributed by atoms with E-state index in [4.69, 9.17) is 0 Å². The van der Waals surface area contributed by atoms with E-state index in [-0.39, 0.29) is 17.8 Å². The average molecular weight is 258 g/mol. The van der Waals surface area contributed by atoms with Crippen LogP contribution < -0.4 is 0 Å². The summed E-state index contributed by atoms with van der Waals surface area (Å²) < 4.78 is 14.2. The fourth-order valence-corrected chi connectivity index (χ4v) is 2.34. The van der Waals surface area contributed by atoms with E-state index in [1.807, 2.05) is 49.4 Å². The summed E-state index contributed by atoms with van der Waals surface area (Å²) in [5.74, 6) is -0.0551. The van der Waals surface area contributed by atoms with Crippen LogP contribution >= 0.6 is 0 Å². The summed E-state index contributed by atoms with van der Waals surface area (Å²) in [5, 5.41) is 9.39. The van der Waals surface area contributed by atoms with Gasteiger partial charge >= 0.3 is 0 Å². The second kappa shape index (κ2) is 5.98. The van der Waals surface area contributed by atoms with E-state index in [9.17, 15) is 9.50 Å². The van der Waals surface area contributed by atoms with E-state index >= 15 is 0 Å². The molecule has 0 bridgehead atoms. The van der Waals surface area contributed by atoms with Gasteiger partial charge in [0.15, 0.2) is 0 Å². The molecular weight excluding hydrogens is 239 g/mol. The summed E-state index contributed by atoms with van der Waals surface area (Å²) in [5.41, 5.74) is 2.43. The largest absolute Gasteiger partial charge is 0.393 e. The molecule has 0 saturated carbocycles. The predicted molar refractivity (Wildman–Crippen MR) is 76.5 cm³/mol. The molecule has 2 rings (SSSR count). The molecule has 0 amide bonds. The van der Waals surface area contributed by atoms with E-state index in [1.54, 1.807) is 13.0 Å². The van der Waals surface area contributed by atoms with Gasteiger partial charge in [0.05, 0.1) is 6.10 Å². The van der Waals surface area contributed by atoms with Gasteiger partial charge in [-0.15, -0.1) is 0 Å². The van der Waals surface area contributed by atoms with Gasteiger partial charge in [-0.3, -0.25) is 0 Å². The zero-order valence-electron chi connectivity index (χ0n) is 11.3. The predicted octanol–water partition coefficient (Wildman–Crippen LogP) is 4.37. The Kier molecular flexibility index (Phi) is 4.33. The van der Waals surface area contributed by atoms with Gasteiger partial charge in [-0.25, -0.2) is 4.39 Å². The van der Waals surface area contributed by atoms with E-state index in [0.29, 0.717) is 12.0 Å². The SMILES string of the molecule is CC(O)CC(C)c1ccc(-c2ccccc2)c(F)c1. The van der Waals surface area contributed by atoms with E-state index in [1.165, 1.54) is 0 Å². The van der Waals surface area contributed by atoms with Crippen molar-refractivity contribution in [1.29, 1.82) is 0 Å². The Balaban J connectivity index is 2.27. The molecule has 0 heterocycles. The lowest BCUT2D eigenvalue weighted by atomic mass is 9.93. The number of hydrogen-bond acceptors (Lipinski definition) is 1. The minimum Gasteiger partial charge on any atom is -0.393 e. The Hall–Kier alpha value is -1.67. The van der Waals surface area contributed by atoms with Crippen LogP contribution in [0.2, 0.25) is 0 Å². The molecule has 0 aliphatic carbocycles. The molecule has 2 unspecified atom stereocenters. The molecule has 0 aliphatic rings. The molecule has 0 aliphatic heterocycles. The first kappa shape index (κ1) is 13.8. The zero-order valence-corrected chi connectivity index (χ0v) is 11.3. The topological polar surface area (TPSA) is 20.2 Å². The van der Waals surface area contributed by atoms with Crippen molar-refractivity contribution in [2.24, 2.45) is 0 Å². The van der Waals surface area contributed by atoms with Crippen molar-refractivity contribution in [1.82, 2.24) is 0 Å². The van der Waals surface area contributed by atoms with Gasteiger partial charge in [-0.1, -0.05) is 49.4 Å². The zero-order chi connectivity index (χ0) is 13.8. The monoisotopic (exact) mass is 258 g/mol. The molecule has 1 N–H and O–H groups in total. The molecule has 0 aromatic heterocycles. The van der Waals surface area contributed by atoms with Crippen molar-refractivity contribution in [3.63, 3.8) is 0 Å². The van der Waals surface area contributed by atoms with E-state index in [0.717, 1.165) is 11.1 Å². The van der Waals surface area contributed by atoms with Crippen LogP contribution in [0, 0.1) is 5.82 Å². The van der Waals surface area contributed by atoms with Gasteiger partial charge in [0.25, 0.3) is 0 Å². The van der Waals surface area contributed by atoms with Crippen molar-refractivity contribution < 1.29 is 9.50 Å². The van der Waals surface area contributed by atoms with Crippen LogP contribution in [0.3, 0.4) is 0 Å². The summed E-state index contributed by atoms with van der Waals surface area (Å²) >= 11 is 0. The molecular formula is C17H19FO. The quantitative estimate of drug-likeness (QED) is 0.863. The lowest BCUT2D eigenvalue weighted by Gasteiger charge is -2.15. The lowest BCUT2D eigenvalue weighted by Crippen LogP contribution is -2.06. The van der Waals surface area contributed by atoms with Crippen LogP contribution in [0.25, 0.3) is 11.1 Å². The third-order valence-electron chi connectivity index (χ3n) is 3.34. The van der Waals surface area contributed by atoms with Crippen LogP contribution in [0.4, 0.5) is 4.39 Å². The summed E-state index contributed by atoms with van der Waals surface area (Å²) in [6.45, 7) is 3.76. The molecule has 100 valence electrons. The maximum absolute atomic E-state index is 14.2. The molecule has 2 aromatic rings. The third-order valence-corrected chi connectivity index (χ3v) is 3.34. The van der Waals surface area contributed by atoms with E-state index in [2.05, 4.69) is 0 Å². The maximum Gasteiger partial charge on any atom is 0.131 e. The standard InChI is InChI=1S/C17H19FO/c1-12(10-13(2)19)15-8-9-16(17(18)11-15)14-6-4-3-5-7-14/h3-9,11-13,19H,10H2,1-2H3. The molecule has 0 saturated heterocycles. The highest BCUT2D eigenvalue weighted by atomic mass is 19.1. The Labute approximate surface area is 113 Å². The second-order valence-electron chi connectivity index (χ2n) is 5.09. The highest BCUT2D eigenvalue weighted by Gasteiger charge is 2.12. The normalized spacial score (nSPS) is 14.1. The van der Waals surface area contributed by atoms with Crippen LogP contribution in [-0.2, 0) is 0 Å². The first-order valence-corrected chi connectivity index (χ1v) is 6.61. The van der Waals surface area contributed by atoms with Gasteiger partial charge in [0, 0.05) is 5.56 Å². The molecule has 0 spiro atoms. The van der Waals surface area contributed by atoms with Crippen LogP contribution in [0.1, 0.15) is 31.7 Å². The van der Waals surface area contributed by atoms with Gasteiger partial charge in [-0.2, -0.15) is 0 Å². The van der Waals surface area contributed by atoms with Crippen LogP contribution in [0.15, 0.2) is 48.5 Å². The fourth-order valence-electron chi connectivity index (χ4n) is 2.34. The smallest absolute Gasteiger partial charge is 0.131 e. The van der Waals surface area contributed by atoms with Gasteiger partial charge < -0.3 is 5.11 Å². The number of benzene rings is 2. The molecule has 2 atom stereocenters. The second-order valence-corrected chi connectivity index (χ2v) is 5.09. The number of rotatable bonds is 4. The summed E-state index contributed by atoms with van der Waals surface area (Å²) in [6, 6.07) is 14.9. The number of aliphatic hydroxyl groups is 1. The summed E-state index contributed by atoms with van der Waals surface area (Å²) in [7, 11) is 0. The molecule has 1 nitrogen and oxygen atoms in total. The molecule has 2 heteroatoms. The van der Waals surface area contributed by atoms with E-state index < -0.39 is 0 Å². The summed E-state index contributed by atoms with van der Waals surface area (Å²) in [4.78, 5) is 0. The maximum atomic E-state index is 14.2. The molecule has 0 fully saturated rings. The first-order chi connectivity index (χ1) is 9.08. The molecule has 2 aromatic carbocycles. The van der Waals surface area contributed by atoms with Crippen LogP contribution in [-0.4, -0.2) is 11.2 Å². The first-order valence-electron chi connectivity index (χ1n) is 6.61. The minimum atomic E-state index is -0.369. The third kappa shape index (κ3) is 3.42. The van der Waals surface area contributed by atoms with Crippen molar-refractivity contribution in [2.45, 2.75) is 32.3 Å². The number of halogens is 1. The van der Waals surface area contributed by atoms with Gasteiger partial charge in [-0.05, 0) is 36.5 Å². The van der Waals surface area contributed by atoms with Crippen molar-refractivity contribution >= 4 is 0 Å². The Bertz CT molecular complexity index is 534. The van der Waals surface area contributed by atoms with Gasteiger partial charge in [0.2, 0.25) is 0 Å². The number of aliphatic hydroxyl groups excluding tert-OH is 1. The van der Waals surface area contributed by atoms with Crippen molar-refractivity contribution in [3.8, 4) is 11.1 Å². The highest BCUT2D eigenvalue weighted by molar-refractivity contribution is 5.64. The number of hydrogen-bond donors (Lipinski definition) is 1. The Morgan fingerprint density at radius 3 is 2.32 bits per heavy atom. The Morgan fingerprint density at radius 2 is 1.74 bits per heavy atom. The minimum absolute atomic E-state index is 0.152. The fraction of sp³-hybridized carbons (Fsp3) is 0.294. The summed E-state index contributed by atoms with van der Waals surface area (Å²) in [6.07, 6.45) is 0.274. The average Bonchev–Trinajstić information content (AvgIpc) is 2.38.